The summed E-state index contributed by atoms with van der Waals surface area (Å²) in [6.07, 6.45) is -0.307. The minimum Gasteiger partial charge on any atom is -0.457 e. The first-order valence-electron chi connectivity index (χ1n) is 16.8. The zero-order valence-corrected chi connectivity index (χ0v) is 30.0. The molecule has 1 N–H and O–H groups in total. The third-order valence-electron chi connectivity index (χ3n) is 9.24. The van der Waals surface area contributed by atoms with Crippen molar-refractivity contribution in [3.63, 3.8) is 0 Å². The molecule has 6 rings (SSSR count). The van der Waals surface area contributed by atoms with Gasteiger partial charge in [0.25, 0.3) is 5.56 Å². The summed E-state index contributed by atoms with van der Waals surface area (Å²) < 4.78 is 18.4. The van der Waals surface area contributed by atoms with E-state index in [2.05, 4.69) is 48.7 Å². The highest BCUT2D eigenvalue weighted by atomic mass is 28.3. The van der Waals surface area contributed by atoms with Gasteiger partial charge in [0.05, 0.1) is 37.1 Å². The van der Waals surface area contributed by atoms with Gasteiger partial charge in [0.1, 0.15) is 12.2 Å². The SMILES string of the molecule is CC[C@@]1(OC(=O)CCCNC(=O)OC(C)(C)C)C(=O)OCc2c1cc1n(c2=O)Cc2c-1nc1ccccc1c2[Si](C)(C)Cc1ccccc1. The maximum atomic E-state index is 14.3. The number of benzene rings is 2. The van der Waals surface area contributed by atoms with Gasteiger partial charge in [0.15, 0.2) is 0 Å². The Morgan fingerprint density at radius 2 is 1.76 bits per heavy atom. The molecule has 1 atom stereocenters. The van der Waals surface area contributed by atoms with Gasteiger partial charge in [-0.3, -0.25) is 9.59 Å². The van der Waals surface area contributed by atoms with Gasteiger partial charge in [0.2, 0.25) is 5.60 Å². The molecule has 0 aliphatic carbocycles. The normalized spacial score (nSPS) is 16.7. The summed E-state index contributed by atoms with van der Waals surface area (Å²) in [5.74, 6) is -1.35. The minimum absolute atomic E-state index is 0.0645. The van der Waals surface area contributed by atoms with Crippen LogP contribution in [-0.4, -0.2) is 47.8 Å². The van der Waals surface area contributed by atoms with E-state index in [1.54, 1.807) is 38.3 Å². The number of hydrogen-bond acceptors (Lipinski definition) is 8. The molecule has 10 nitrogen and oxygen atoms in total. The number of fused-ring (bicyclic) bond motifs is 5. The monoisotopic (exact) mass is 681 g/mol. The third kappa shape index (κ3) is 6.51. The summed E-state index contributed by atoms with van der Waals surface area (Å²) in [6, 6.07) is 21.3. The topological polar surface area (TPSA) is 126 Å². The van der Waals surface area contributed by atoms with E-state index in [1.807, 2.05) is 24.3 Å². The third-order valence-corrected chi connectivity index (χ3v) is 12.5. The summed E-state index contributed by atoms with van der Waals surface area (Å²) in [4.78, 5) is 58.1. The molecule has 11 heteroatoms. The molecule has 2 aromatic carbocycles. The lowest BCUT2D eigenvalue weighted by Crippen LogP contribution is -2.47. The maximum absolute atomic E-state index is 14.3. The molecular formula is C38H43N3O7Si. The van der Waals surface area contributed by atoms with Crippen molar-refractivity contribution in [3.05, 3.63) is 93.3 Å². The van der Waals surface area contributed by atoms with Crippen LogP contribution in [-0.2, 0) is 48.6 Å². The Kier molecular flexibility index (Phi) is 8.99. The summed E-state index contributed by atoms with van der Waals surface area (Å²) in [5.41, 5.74) is 2.36. The van der Waals surface area contributed by atoms with Crippen molar-refractivity contribution in [1.82, 2.24) is 14.9 Å². The van der Waals surface area contributed by atoms with Gasteiger partial charge < -0.3 is 24.1 Å². The van der Waals surface area contributed by atoms with Crippen LogP contribution < -0.4 is 16.1 Å². The van der Waals surface area contributed by atoms with Gasteiger partial charge in [-0.25, -0.2) is 14.6 Å². The number of para-hydroxylation sites is 1. The highest BCUT2D eigenvalue weighted by molar-refractivity contribution is 6.91. The smallest absolute Gasteiger partial charge is 0.407 e. The number of ether oxygens (including phenoxy) is 3. The number of nitrogens with zero attached hydrogens (tertiary/aromatic N) is 2. The quantitative estimate of drug-likeness (QED) is 0.0919. The van der Waals surface area contributed by atoms with Crippen LogP contribution in [0.5, 0.6) is 0 Å². The van der Waals surface area contributed by atoms with Crippen molar-refractivity contribution in [2.75, 3.05) is 6.54 Å². The van der Waals surface area contributed by atoms with Crippen molar-refractivity contribution in [3.8, 4) is 11.4 Å². The Morgan fingerprint density at radius 3 is 2.47 bits per heavy atom. The van der Waals surface area contributed by atoms with Crippen LogP contribution in [0.15, 0.2) is 65.5 Å². The zero-order chi connectivity index (χ0) is 35.1. The van der Waals surface area contributed by atoms with E-state index in [4.69, 9.17) is 19.2 Å². The van der Waals surface area contributed by atoms with E-state index < -0.39 is 37.3 Å². The van der Waals surface area contributed by atoms with E-state index in [0.717, 1.165) is 22.5 Å². The molecule has 2 aliphatic heterocycles. The predicted octanol–water partition coefficient (Wildman–Crippen LogP) is 5.63. The van der Waals surface area contributed by atoms with E-state index in [9.17, 15) is 19.2 Å². The molecule has 4 heterocycles. The second-order valence-corrected chi connectivity index (χ2v) is 19.1. The fraction of sp³-hybridized carbons (Fsp3) is 0.395. The van der Waals surface area contributed by atoms with Gasteiger partial charge in [0, 0.05) is 18.5 Å². The fourth-order valence-electron chi connectivity index (χ4n) is 7.14. The first kappa shape index (κ1) is 34.1. The van der Waals surface area contributed by atoms with Crippen LogP contribution in [0.2, 0.25) is 13.1 Å². The number of carbonyl (C=O) groups excluding carboxylic acids is 3. The standard InChI is InChI=1S/C38H43N3O7Si/c1-7-38(47-31(42)18-13-19-39-36(45)48-37(2,3)4)28-20-30-32-26(21-41(30)34(43)27(28)22-46-35(38)44)33(25-16-11-12-17-29(25)40-32)49(5,6)23-24-14-9-8-10-15-24/h8-12,14-17,20H,7,13,18-19,21-23H2,1-6H3,(H,39,45)/t38-/m0/s1. The Morgan fingerprint density at radius 1 is 1.04 bits per heavy atom. The number of aromatic nitrogens is 2. The lowest BCUT2D eigenvalue weighted by Gasteiger charge is -2.35. The van der Waals surface area contributed by atoms with Gasteiger partial charge in [-0.15, -0.1) is 0 Å². The number of alkyl carbamates (subject to hydrolysis) is 1. The number of carbonyl (C=O) groups is 3. The first-order chi connectivity index (χ1) is 23.2. The molecule has 0 bridgehead atoms. The molecule has 0 fully saturated rings. The lowest BCUT2D eigenvalue weighted by atomic mass is 9.85. The molecule has 49 heavy (non-hydrogen) atoms. The average Bonchev–Trinajstić information content (AvgIpc) is 3.41. The minimum atomic E-state index is -2.17. The maximum Gasteiger partial charge on any atom is 0.407 e. The number of nitrogens with one attached hydrogen (secondary N) is 1. The van der Waals surface area contributed by atoms with Crippen LogP contribution in [0, 0.1) is 0 Å². The molecule has 4 aromatic rings. The highest BCUT2D eigenvalue weighted by Gasteiger charge is 2.50. The zero-order valence-electron chi connectivity index (χ0n) is 29.0. The fourth-order valence-corrected chi connectivity index (χ4v) is 10.5. The Bertz CT molecular complexity index is 2020. The van der Waals surface area contributed by atoms with Crippen molar-refractivity contribution in [2.45, 2.75) is 90.4 Å². The van der Waals surface area contributed by atoms with Gasteiger partial charge >= 0.3 is 18.0 Å². The van der Waals surface area contributed by atoms with E-state index >= 15 is 0 Å². The summed E-state index contributed by atoms with van der Waals surface area (Å²) in [5, 5.41) is 4.98. The van der Waals surface area contributed by atoms with Gasteiger partial charge in [-0.05, 0) is 67.9 Å². The van der Waals surface area contributed by atoms with Crippen molar-refractivity contribution in [2.24, 2.45) is 0 Å². The Balaban J connectivity index is 1.36. The van der Waals surface area contributed by atoms with Crippen LogP contribution in [0.3, 0.4) is 0 Å². The molecular weight excluding hydrogens is 639 g/mol. The van der Waals surface area contributed by atoms with Gasteiger partial charge in [-0.1, -0.05) is 74.1 Å². The van der Waals surface area contributed by atoms with Crippen molar-refractivity contribution >= 4 is 42.2 Å². The van der Waals surface area contributed by atoms with Gasteiger partial charge in [-0.2, -0.15) is 0 Å². The van der Waals surface area contributed by atoms with Crippen LogP contribution >= 0.6 is 0 Å². The molecule has 0 radical (unpaired) electrons. The summed E-state index contributed by atoms with van der Waals surface area (Å²) >= 11 is 0. The molecule has 256 valence electrons. The summed E-state index contributed by atoms with van der Waals surface area (Å²) in [7, 11) is -2.17. The predicted molar refractivity (Wildman–Crippen MR) is 189 cm³/mol. The average molecular weight is 682 g/mol. The molecule has 0 spiro atoms. The van der Waals surface area contributed by atoms with E-state index in [1.165, 1.54) is 10.8 Å². The summed E-state index contributed by atoms with van der Waals surface area (Å²) in [6.45, 7) is 12.1. The Hall–Kier alpha value is -4.77. The van der Waals surface area contributed by atoms with E-state index in [0.29, 0.717) is 29.1 Å². The number of esters is 2. The van der Waals surface area contributed by atoms with Crippen LogP contribution in [0.4, 0.5) is 4.79 Å². The lowest BCUT2D eigenvalue weighted by molar-refractivity contribution is -0.189. The number of pyridine rings is 2. The molecule has 0 unspecified atom stereocenters. The first-order valence-corrected chi connectivity index (χ1v) is 20.0. The van der Waals surface area contributed by atoms with Crippen LogP contribution in [0.25, 0.3) is 22.3 Å². The highest BCUT2D eigenvalue weighted by Crippen LogP contribution is 2.41. The van der Waals surface area contributed by atoms with Crippen molar-refractivity contribution < 1.29 is 28.6 Å². The number of cyclic esters (lactones) is 1. The molecule has 2 aliphatic rings. The second-order valence-electron chi connectivity index (χ2n) is 14.5. The largest absolute Gasteiger partial charge is 0.457 e. The molecule has 1 amide bonds. The molecule has 2 aromatic heterocycles. The Labute approximate surface area is 286 Å². The van der Waals surface area contributed by atoms with Crippen LogP contribution in [0.1, 0.15) is 69.2 Å². The second kappa shape index (κ2) is 12.9. The van der Waals surface area contributed by atoms with Crippen molar-refractivity contribution in [1.29, 1.82) is 0 Å². The molecule has 0 saturated carbocycles. The van der Waals surface area contributed by atoms with E-state index in [-0.39, 0.29) is 38.0 Å². The number of amides is 1. The molecule has 0 saturated heterocycles. The number of rotatable bonds is 9. The number of hydrogen-bond donors (Lipinski definition) is 1.